The van der Waals surface area contributed by atoms with Gasteiger partial charge in [0, 0.05) is 43.4 Å². The Morgan fingerprint density at radius 1 is 1.04 bits per heavy atom. The van der Waals surface area contributed by atoms with Crippen LogP contribution in [0.15, 0.2) is 36.5 Å². The van der Waals surface area contributed by atoms with Crippen LogP contribution in [0.2, 0.25) is 0 Å². The average molecular weight is 324 g/mol. The van der Waals surface area contributed by atoms with Crippen molar-refractivity contribution in [3.8, 4) is 5.75 Å². The summed E-state index contributed by atoms with van der Waals surface area (Å²) in [7, 11) is 0. The first kappa shape index (κ1) is 15.4. The number of hydrogen-bond acceptors (Lipinski definition) is 3. The SMILES string of the molecule is O=C(C1CCCC1)N1CCC(Oc2cccc3cccnc23)CC1. The van der Waals surface area contributed by atoms with Crippen molar-refractivity contribution < 1.29 is 9.53 Å². The van der Waals surface area contributed by atoms with Gasteiger partial charge in [-0.15, -0.1) is 0 Å². The lowest BCUT2D eigenvalue weighted by atomic mass is 10.0. The van der Waals surface area contributed by atoms with Crippen LogP contribution in [0.5, 0.6) is 5.75 Å². The zero-order chi connectivity index (χ0) is 16.4. The molecule has 4 nitrogen and oxygen atoms in total. The number of nitrogens with zero attached hydrogens (tertiary/aromatic N) is 2. The highest BCUT2D eigenvalue weighted by molar-refractivity contribution is 5.84. The summed E-state index contributed by atoms with van der Waals surface area (Å²) in [4.78, 5) is 19.0. The van der Waals surface area contributed by atoms with Gasteiger partial charge in [-0.1, -0.05) is 31.0 Å². The summed E-state index contributed by atoms with van der Waals surface area (Å²) in [6.07, 6.45) is 8.37. The monoisotopic (exact) mass is 324 g/mol. The van der Waals surface area contributed by atoms with E-state index in [2.05, 4.69) is 22.0 Å². The fraction of sp³-hybridized carbons (Fsp3) is 0.500. The molecular weight excluding hydrogens is 300 g/mol. The van der Waals surface area contributed by atoms with Gasteiger partial charge in [0.15, 0.2) is 0 Å². The van der Waals surface area contributed by atoms with Crippen molar-refractivity contribution in [1.82, 2.24) is 9.88 Å². The van der Waals surface area contributed by atoms with Crippen molar-refractivity contribution in [1.29, 1.82) is 0 Å². The number of likely N-dealkylation sites (tertiary alicyclic amines) is 1. The predicted octanol–water partition coefficient (Wildman–Crippen LogP) is 3.79. The summed E-state index contributed by atoms with van der Waals surface area (Å²) in [5, 5.41) is 1.10. The van der Waals surface area contributed by atoms with Gasteiger partial charge in [0.2, 0.25) is 5.91 Å². The van der Waals surface area contributed by atoms with Gasteiger partial charge in [-0.2, -0.15) is 0 Å². The first-order valence-corrected chi connectivity index (χ1v) is 9.10. The standard InChI is InChI=1S/C20H24N2O2/c23-20(16-5-1-2-6-16)22-13-10-17(11-14-22)24-18-9-3-7-15-8-4-12-21-19(15)18/h3-4,7-9,12,16-17H,1-2,5-6,10-11,13-14H2. The molecular formula is C20H24N2O2. The zero-order valence-corrected chi connectivity index (χ0v) is 14.0. The fourth-order valence-electron chi connectivity index (χ4n) is 3.98. The number of ether oxygens (including phenoxy) is 1. The molecule has 1 aliphatic heterocycles. The number of benzene rings is 1. The largest absolute Gasteiger partial charge is 0.488 e. The van der Waals surface area contributed by atoms with Crippen molar-refractivity contribution in [2.75, 3.05) is 13.1 Å². The van der Waals surface area contributed by atoms with Crippen molar-refractivity contribution in [3.63, 3.8) is 0 Å². The molecule has 2 aliphatic rings. The van der Waals surface area contributed by atoms with Gasteiger partial charge < -0.3 is 9.64 Å². The molecule has 0 bridgehead atoms. The maximum Gasteiger partial charge on any atom is 0.225 e. The van der Waals surface area contributed by atoms with Crippen LogP contribution >= 0.6 is 0 Å². The highest BCUT2D eigenvalue weighted by Crippen LogP contribution is 2.29. The Morgan fingerprint density at radius 3 is 2.58 bits per heavy atom. The summed E-state index contributed by atoms with van der Waals surface area (Å²) in [6.45, 7) is 1.64. The van der Waals surface area contributed by atoms with E-state index in [0.717, 1.165) is 55.4 Å². The smallest absolute Gasteiger partial charge is 0.225 e. The third kappa shape index (κ3) is 3.10. The number of amides is 1. The van der Waals surface area contributed by atoms with E-state index in [9.17, 15) is 4.79 Å². The molecule has 1 amide bonds. The van der Waals surface area contributed by atoms with Crippen LogP contribution in [0.4, 0.5) is 0 Å². The first-order valence-electron chi connectivity index (χ1n) is 9.10. The number of fused-ring (bicyclic) bond motifs is 1. The van der Waals surface area contributed by atoms with Crippen molar-refractivity contribution in [2.24, 2.45) is 5.92 Å². The van der Waals surface area contributed by atoms with E-state index in [0.29, 0.717) is 5.91 Å². The second-order valence-electron chi connectivity index (χ2n) is 6.96. The quantitative estimate of drug-likeness (QED) is 0.862. The lowest BCUT2D eigenvalue weighted by Gasteiger charge is -2.33. The van der Waals surface area contributed by atoms with E-state index in [1.54, 1.807) is 6.20 Å². The Balaban J connectivity index is 1.38. The van der Waals surface area contributed by atoms with Gasteiger partial charge in [-0.3, -0.25) is 9.78 Å². The van der Waals surface area contributed by atoms with Crippen LogP contribution < -0.4 is 4.74 Å². The molecule has 4 rings (SSSR count). The molecule has 1 aliphatic carbocycles. The molecule has 1 saturated carbocycles. The lowest BCUT2D eigenvalue weighted by Crippen LogP contribution is -2.44. The van der Waals surface area contributed by atoms with E-state index in [1.165, 1.54) is 12.8 Å². The van der Waals surface area contributed by atoms with Crippen LogP contribution in [0, 0.1) is 5.92 Å². The molecule has 2 aromatic rings. The molecule has 0 N–H and O–H groups in total. The number of piperidine rings is 1. The Kier molecular flexibility index (Phi) is 4.37. The topological polar surface area (TPSA) is 42.4 Å². The number of carbonyl (C=O) groups is 1. The summed E-state index contributed by atoms with van der Waals surface area (Å²) in [5.41, 5.74) is 0.921. The van der Waals surface area contributed by atoms with E-state index in [4.69, 9.17) is 4.74 Å². The summed E-state index contributed by atoms with van der Waals surface area (Å²) in [6, 6.07) is 10.1. The number of rotatable bonds is 3. The first-order chi connectivity index (χ1) is 11.8. The molecule has 1 aromatic heterocycles. The summed E-state index contributed by atoms with van der Waals surface area (Å²) in [5.74, 6) is 1.51. The maximum atomic E-state index is 12.5. The molecule has 24 heavy (non-hydrogen) atoms. The Bertz CT molecular complexity index is 711. The molecule has 1 saturated heterocycles. The van der Waals surface area contributed by atoms with Crippen LogP contribution in [0.3, 0.4) is 0 Å². The van der Waals surface area contributed by atoms with Crippen LogP contribution in [-0.2, 0) is 4.79 Å². The van der Waals surface area contributed by atoms with E-state index in [-0.39, 0.29) is 12.0 Å². The molecule has 2 fully saturated rings. The summed E-state index contributed by atoms with van der Waals surface area (Å²) >= 11 is 0. The number of hydrogen-bond donors (Lipinski definition) is 0. The molecule has 1 aromatic carbocycles. The Morgan fingerprint density at radius 2 is 1.79 bits per heavy atom. The molecule has 0 atom stereocenters. The fourth-order valence-corrected chi connectivity index (χ4v) is 3.98. The van der Waals surface area contributed by atoms with Crippen LogP contribution in [0.25, 0.3) is 10.9 Å². The Labute approximate surface area is 142 Å². The minimum Gasteiger partial charge on any atom is -0.488 e. The highest BCUT2D eigenvalue weighted by Gasteiger charge is 2.30. The van der Waals surface area contributed by atoms with Gasteiger partial charge in [0.1, 0.15) is 17.4 Å². The number of pyridine rings is 1. The van der Waals surface area contributed by atoms with Crippen LogP contribution in [-0.4, -0.2) is 35.0 Å². The minimum absolute atomic E-state index is 0.172. The Hall–Kier alpha value is -2.10. The molecule has 126 valence electrons. The van der Waals surface area contributed by atoms with Crippen molar-refractivity contribution in [3.05, 3.63) is 36.5 Å². The second kappa shape index (κ2) is 6.80. The molecule has 0 unspecified atom stereocenters. The second-order valence-corrected chi connectivity index (χ2v) is 6.96. The minimum atomic E-state index is 0.172. The van der Waals surface area contributed by atoms with Crippen molar-refractivity contribution in [2.45, 2.75) is 44.6 Å². The third-order valence-corrected chi connectivity index (χ3v) is 5.35. The summed E-state index contributed by atoms with van der Waals surface area (Å²) < 4.78 is 6.22. The average Bonchev–Trinajstić information content (AvgIpc) is 3.17. The number of para-hydroxylation sites is 1. The molecule has 0 spiro atoms. The van der Waals surface area contributed by atoms with Gasteiger partial charge in [0.25, 0.3) is 0 Å². The van der Waals surface area contributed by atoms with E-state index < -0.39 is 0 Å². The zero-order valence-electron chi connectivity index (χ0n) is 14.0. The van der Waals surface area contributed by atoms with Gasteiger partial charge in [-0.25, -0.2) is 0 Å². The maximum absolute atomic E-state index is 12.5. The van der Waals surface area contributed by atoms with E-state index >= 15 is 0 Å². The van der Waals surface area contributed by atoms with Gasteiger partial charge in [0.05, 0.1) is 0 Å². The highest BCUT2D eigenvalue weighted by atomic mass is 16.5. The third-order valence-electron chi connectivity index (χ3n) is 5.35. The predicted molar refractivity (Wildman–Crippen MR) is 93.9 cm³/mol. The van der Waals surface area contributed by atoms with Gasteiger partial charge in [-0.05, 0) is 25.0 Å². The number of carbonyl (C=O) groups excluding carboxylic acids is 1. The molecule has 2 heterocycles. The van der Waals surface area contributed by atoms with Crippen LogP contribution in [0.1, 0.15) is 38.5 Å². The van der Waals surface area contributed by atoms with E-state index in [1.807, 2.05) is 18.2 Å². The number of aromatic nitrogens is 1. The molecule has 4 heteroatoms. The van der Waals surface area contributed by atoms with Gasteiger partial charge >= 0.3 is 0 Å². The lowest BCUT2D eigenvalue weighted by molar-refractivity contribution is -0.137. The normalized spacial score (nSPS) is 19.8. The van der Waals surface area contributed by atoms with Crippen molar-refractivity contribution >= 4 is 16.8 Å². The molecule has 0 radical (unpaired) electrons.